The number of carbonyl (C=O) groups is 2. The Bertz CT molecular complexity index is 890. The van der Waals surface area contributed by atoms with E-state index in [1.54, 1.807) is 47.0 Å². The summed E-state index contributed by atoms with van der Waals surface area (Å²) in [5.74, 6) is -0.323. The molecule has 0 spiro atoms. The maximum atomic E-state index is 13.0. The van der Waals surface area contributed by atoms with Gasteiger partial charge in [-0.25, -0.2) is 0 Å². The first-order chi connectivity index (χ1) is 13.4. The van der Waals surface area contributed by atoms with Gasteiger partial charge in [-0.2, -0.15) is 0 Å². The summed E-state index contributed by atoms with van der Waals surface area (Å²) in [4.78, 5) is 41.3. The van der Waals surface area contributed by atoms with Crippen LogP contribution in [-0.4, -0.2) is 66.8 Å². The van der Waals surface area contributed by atoms with Crippen LogP contribution in [-0.2, 0) is 0 Å². The number of amides is 2. The van der Waals surface area contributed by atoms with Gasteiger partial charge >= 0.3 is 0 Å². The second kappa shape index (κ2) is 8.08. The Morgan fingerprint density at radius 3 is 2.04 bits per heavy atom. The first-order valence-electron chi connectivity index (χ1n) is 8.98. The van der Waals surface area contributed by atoms with Gasteiger partial charge in [0, 0.05) is 63.7 Å². The molecular weight excluding hydrogens is 360 g/mol. The molecule has 0 saturated carbocycles. The van der Waals surface area contributed by atoms with E-state index in [2.05, 4.69) is 0 Å². The van der Waals surface area contributed by atoms with Crippen LogP contribution >= 0.6 is 0 Å². The van der Waals surface area contributed by atoms with E-state index in [4.69, 9.17) is 0 Å². The molecular formula is C20H22N4O4. The van der Waals surface area contributed by atoms with Gasteiger partial charge in [-0.05, 0) is 18.2 Å². The third kappa shape index (κ3) is 3.95. The molecule has 2 aromatic rings. The van der Waals surface area contributed by atoms with Gasteiger partial charge in [0.1, 0.15) is 0 Å². The van der Waals surface area contributed by atoms with Crippen molar-refractivity contribution >= 4 is 23.2 Å². The highest BCUT2D eigenvalue weighted by molar-refractivity contribution is 6.01. The third-order valence-electron chi connectivity index (χ3n) is 4.78. The van der Waals surface area contributed by atoms with E-state index in [1.807, 2.05) is 18.2 Å². The molecule has 0 atom stereocenters. The van der Waals surface area contributed by atoms with Crippen molar-refractivity contribution in [2.45, 2.75) is 0 Å². The number of non-ortho nitro benzene ring substituents is 1. The van der Waals surface area contributed by atoms with Crippen molar-refractivity contribution < 1.29 is 14.5 Å². The van der Waals surface area contributed by atoms with E-state index >= 15 is 0 Å². The van der Waals surface area contributed by atoms with E-state index in [1.165, 1.54) is 12.1 Å². The number of nitro benzene ring substituents is 1. The number of benzene rings is 2. The Morgan fingerprint density at radius 1 is 0.929 bits per heavy atom. The van der Waals surface area contributed by atoms with Crippen LogP contribution in [0.15, 0.2) is 48.5 Å². The molecule has 8 nitrogen and oxygen atoms in total. The van der Waals surface area contributed by atoms with Gasteiger partial charge in [0.2, 0.25) is 0 Å². The van der Waals surface area contributed by atoms with E-state index in [0.29, 0.717) is 43.0 Å². The topological polar surface area (TPSA) is 87.0 Å². The Balaban J connectivity index is 1.74. The van der Waals surface area contributed by atoms with Crippen molar-refractivity contribution in [1.82, 2.24) is 9.80 Å². The van der Waals surface area contributed by atoms with Crippen molar-refractivity contribution in [2.75, 3.05) is 45.2 Å². The maximum absolute atomic E-state index is 13.0. The highest BCUT2D eigenvalue weighted by Crippen LogP contribution is 2.26. The zero-order valence-electron chi connectivity index (χ0n) is 15.9. The van der Waals surface area contributed by atoms with Gasteiger partial charge in [0.05, 0.1) is 10.5 Å². The molecule has 1 aliphatic heterocycles. The van der Waals surface area contributed by atoms with Gasteiger partial charge in [0.25, 0.3) is 17.5 Å². The second-order valence-electron chi connectivity index (χ2n) is 6.80. The van der Waals surface area contributed by atoms with Crippen LogP contribution in [0, 0.1) is 10.1 Å². The fourth-order valence-corrected chi connectivity index (χ4v) is 3.25. The highest BCUT2D eigenvalue weighted by atomic mass is 16.6. The smallest absolute Gasteiger partial charge is 0.270 e. The number of hydrogen-bond donors (Lipinski definition) is 0. The maximum Gasteiger partial charge on any atom is 0.270 e. The second-order valence-corrected chi connectivity index (χ2v) is 6.80. The number of rotatable bonds is 4. The standard InChI is InChI=1S/C20H22N4O4/c1-21(2)18-9-8-16(24(27)28)14-17(18)20(26)23-12-10-22(11-13-23)19(25)15-6-4-3-5-7-15/h3-9,14H,10-13H2,1-2H3. The molecule has 0 unspecified atom stereocenters. The molecule has 0 radical (unpaired) electrons. The number of carbonyl (C=O) groups excluding carboxylic acids is 2. The summed E-state index contributed by atoms with van der Waals surface area (Å²) in [5, 5.41) is 11.1. The molecule has 146 valence electrons. The molecule has 1 saturated heterocycles. The first kappa shape index (κ1) is 19.3. The highest BCUT2D eigenvalue weighted by Gasteiger charge is 2.28. The normalized spacial score (nSPS) is 13.9. The molecule has 0 N–H and O–H groups in total. The van der Waals surface area contributed by atoms with Crippen LogP contribution in [0.5, 0.6) is 0 Å². The molecule has 0 bridgehead atoms. The Hall–Kier alpha value is -3.42. The summed E-state index contributed by atoms with van der Waals surface area (Å²) in [6, 6.07) is 13.3. The molecule has 3 rings (SSSR count). The van der Waals surface area contributed by atoms with Crippen LogP contribution < -0.4 is 4.90 Å². The zero-order valence-corrected chi connectivity index (χ0v) is 15.9. The first-order valence-corrected chi connectivity index (χ1v) is 8.98. The quantitative estimate of drug-likeness (QED) is 0.598. The van der Waals surface area contributed by atoms with E-state index in [-0.39, 0.29) is 17.5 Å². The average Bonchev–Trinajstić information content (AvgIpc) is 2.72. The lowest BCUT2D eigenvalue weighted by Gasteiger charge is -2.35. The summed E-state index contributed by atoms with van der Waals surface area (Å²) < 4.78 is 0. The summed E-state index contributed by atoms with van der Waals surface area (Å²) in [7, 11) is 3.57. The van der Waals surface area contributed by atoms with Crippen LogP contribution in [0.4, 0.5) is 11.4 Å². The largest absolute Gasteiger partial charge is 0.377 e. The van der Waals surface area contributed by atoms with E-state index in [9.17, 15) is 19.7 Å². The summed E-state index contributed by atoms with van der Waals surface area (Å²) in [6.45, 7) is 1.61. The molecule has 2 aromatic carbocycles. The number of nitro groups is 1. The molecule has 1 aliphatic rings. The van der Waals surface area contributed by atoms with Gasteiger partial charge in [0.15, 0.2) is 0 Å². The zero-order chi connectivity index (χ0) is 20.3. The Kier molecular flexibility index (Phi) is 5.58. The van der Waals surface area contributed by atoms with Crippen molar-refractivity contribution in [1.29, 1.82) is 0 Å². The monoisotopic (exact) mass is 382 g/mol. The molecule has 28 heavy (non-hydrogen) atoms. The Labute approximate surface area is 163 Å². The van der Waals surface area contributed by atoms with Crippen LogP contribution in [0.25, 0.3) is 0 Å². The molecule has 2 amide bonds. The average molecular weight is 382 g/mol. The van der Waals surface area contributed by atoms with Gasteiger partial charge in [-0.1, -0.05) is 18.2 Å². The number of hydrogen-bond acceptors (Lipinski definition) is 5. The Morgan fingerprint density at radius 2 is 1.50 bits per heavy atom. The SMILES string of the molecule is CN(C)c1ccc([N+](=O)[O-])cc1C(=O)N1CCN(C(=O)c2ccccc2)CC1. The van der Waals surface area contributed by atoms with Gasteiger partial charge in [-0.15, -0.1) is 0 Å². The summed E-state index contributed by atoms with van der Waals surface area (Å²) in [5.41, 5.74) is 1.42. The number of nitrogens with zero attached hydrogens (tertiary/aromatic N) is 4. The minimum Gasteiger partial charge on any atom is -0.377 e. The van der Waals surface area contributed by atoms with Crippen LogP contribution in [0.3, 0.4) is 0 Å². The molecule has 0 aromatic heterocycles. The number of anilines is 1. The summed E-state index contributed by atoms with van der Waals surface area (Å²) >= 11 is 0. The van der Waals surface area contributed by atoms with Crippen molar-refractivity contribution in [2.24, 2.45) is 0 Å². The minimum absolute atomic E-state index is 0.0583. The number of piperazine rings is 1. The van der Waals surface area contributed by atoms with Gasteiger partial charge in [-0.3, -0.25) is 19.7 Å². The fourth-order valence-electron chi connectivity index (χ4n) is 3.25. The fraction of sp³-hybridized carbons (Fsp3) is 0.300. The van der Waals surface area contributed by atoms with E-state index in [0.717, 1.165) is 0 Å². The predicted molar refractivity (Wildman–Crippen MR) is 106 cm³/mol. The van der Waals surface area contributed by atoms with Crippen molar-refractivity contribution in [3.05, 3.63) is 69.8 Å². The van der Waals surface area contributed by atoms with Crippen LogP contribution in [0.2, 0.25) is 0 Å². The summed E-state index contributed by atoms with van der Waals surface area (Å²) in [6.07, 6.45) is 0. The van der Waals surface area contributed by atoms with Crippen molar-refractivity contribution in [3.8, 4) is 0 Å². The molecule has 1 heterocycles. The third-order valence-corrected chi connectivity index (χ3v) is 4.78. The minimum atomic E-state index is -0.507. The van der Waals surface area contributed by atoms with Crippen molar-refractivity contribution in [3.63, 3.8) is 0 Å². The lowest BCUT2D eigenvalue weighted by molar-refractivity contribution is -0.384. The predicted octanol–water partition coefficient (Wildman–Crippen LogP) is 2.26. The molecule has 1 fully saturated rings. The lowest BCUT2D eigenvalue weighted by atomic mass is 10.1. The van der Waals surface area contributed by atoms with Gasteiger partial charge < -0.3 is 14.7 Å². The molecule has 8 heteroatoms. The van der Waals surface area contributed by atoms with Crippen LogP contribution in [0.1, 0.15) is 20.7 Å². The molecule has 0 aliphatic carbocycles. The van der Waals surface area contributed by atoms with E-state index < -0.39 is 4.92 Å². The lowest BCUT2D eigenvalue weighted by Crippen LogP contribution is -2.50.